The fourth-order valence-corrected chi connectivity index (χ4v) is 4.87. The number of nitrogens with one attached hydrogen (secondary N) is 1. The van der Waals surface area contributed by atoms with Crippen LogP contribution in [0.5, 0.6) is 5.75 Å². The maximum absolute atomic E-state index is 13.6. The van der Waals surface area contributed by atoms with Crippen molar-refractivity contribution in [2.45, 2.75) is 32.6 Å². The molecule has 0 aliphatic carbocycles. The van der Waals surface area contributed by atoms with Crippen LogP contribution in [0.4, 0.5) is 5.69 Å². The van der Waals surface area contributed by atoms with Crippen molar-refractivity contribution in [1.29, 1.82) is 0 Å². The maximum atomic E-state index is 13.6. The molecule has 3 aromatic carbocycles. The van der Waals surface area contributed by atoms with E-state index in [0.717, 1.165) is 66.6 Å². The topological polar surface area (TPSA) is 71.5 Å². The summed E-state index contributed by atoms with van der Waals surface area (Å²) >= 11 is 0. The lowest BCUT2D eigenvalue weighted by Crippen LogP contribution is -2.31. The second kappa shape index (κ2) is 10.8. The van der Waals surface area contributed by atoms with Gasteiger partial charge in [0.2, 0.25) is 0 Å². The number of likely N-dealkylation sites (tertiary alicyclic amines) is 1. The highest BCUT2D eigenvalue weighted by Crippen LogP contribution is 2.29. The number of nitrogens with zero attached hydrogens (tertiary/aromatic N) is 2. The van der Waals surface area contributed by atoms with Gasteiger partial charge in [0.15, 0.2) is 0 Å². The molecule has 37 heavy (non-hydrogen) atoms. The summed E-state index contributed by atoms with van der Waals surface area (Å²) in [7, 11) is 1.63. The van der Waals surface area contributed by atoms with Crippen LogP contribution in [-0.4, -0.2) is 41.9 Å². The standard InChI is InChI=1S/C31H31N3O3/c1-21-9-7-12-26-27(20-28(33-29(21)26)22-13-15-25(37-2)16-14-22)30(35)32-24-11-8-10-23(19-24)31(36)34-17-5-3-4-6-18-34/h7-16,19-20H,3-6,17-18H2,1-2H3,(H,32,35). The van der Waals surface area contributed by atoms with Gasteiger partial charge < -0.3 is 15.0 Å². The molecule has 6 heteroatoms. The van der Waals surface area contributed by atoms with Gasteiger partial charge >= 0.3 is 0 Å². The van der Waals surface area contributed by atoms with E-state index in [-0.39, 0.29) is 11.8 Å². The number of benzene rings is 3. The smallest absolute Gasteiger partial charge is 0.256 e. The second-order valence-corrected chi connectivity index (χ2v) is 9.50. The SMILES string of the molecule is COc1ccc(-c2cc(C(=O)Nc3cccc(C(=O)N4CCCCCC4)c3)c3cccc(C)c3n2)cc1. The minimum Gasteiger partial charge on any atom is -0.497 e. The molecule has 0 saturated carbocycles. The molecular formula is C31H31N3O3. The molecule has 1 aliphatic rings. The molecule has 0 spiro atoms. The van der Waals surface area contributed by atoms with Gasteiger partial charge in [-0.2, -0.15) is 0 Å². The molecule has 0 atom stereocenters. The Labute approximate surface area is 217 Å². The molecule has 1 N–H and O–H groups in total. The molecule has 0 unspecified atom stereocenters. The highest BCUT2D eigenvalue weighted by molar-refractivity contribution is 6.13. The highest BCUT2D eigenvalue weighted by Gasteiger charge is 2.19. The van der Waals surface area contributed by atoms with Crippen molar-refractivity contribution in [2.24, 2.45) is 0 Å². The van der Waals surface area contributed by atoms with Crippen LogP contribution in [0.1, 0.15) is 52.0 Å². The van der Waals surface area contributed by atoms with E-state index in [2.05, 4.69) is 5.32 Å². The van der Waals surface area contributed by atoms with Crippen LogP contribution in [0.3, 0.4) is 0 Å². The largest absolute Gasteiger partial charge is 0.497 e. The number of amides is 2. The van der Waals surface area contributed by atoms with Gasteiger partial charge in [-0.05, 0) is 73.9 Å². The van der Waals surface area contributed by atoms with E-state index in [4.69, 9.17) is 9.72 Å². The first-order valence-electron chi connectivity index (χ1n) is 12.8. The fraction of sp³-hybridized carbons (Fsp3) is 0.258. The molecule has 6 nitrogen and oxygen atoms in total. The Morgan fingerprint density at radius 1 is 0.892 bits per heavy atom. The number of pyridine rings is 1. The third-order valence-corrected chi connectivity index (χ3v) is 6.93. The number of anilines is 1. The minimum absolute atomic E-state index is 0.0183. The first kappa shape index (κ1) is 24.5. The van der Waals surface area contributed by atoms with Crippen molar-refractivity contribution in [3.63, 3.8) is 0 Å². The van der Waals surface area contributed by atoms with E-state index < -0.39 is 0 Å². The first-order valence-corrected chi connectivity index (χ1v) is 12.8. The van der Waals surface area contributed by atoms with E-state index in [9.17, 15) is 9.59 Å². The average Bonchev–Trinajstić information content (AvgIpc) is 3.22. The predicted octanol–water partition coefficient (Wildman–Crippen LogP) is 6.49. The molecule has 188 valence electrons. The normalized spacial score (nSPS) is 13.7. The summed E-state index contributed by atoms with van der Waals surface area (Å²) < 4.78 is 5.28. The second-order valence-electron chi connectivity index (χ2n) is 9.50. The van der Waals surface area contributed by atoms with Gasteiger partial charge in [0.1, 0.15) is 5.75 Å². The molecule has 2 amide bonds. The number of aryl methyl sites for hydroxylation is 1. The Balaban J connectivity index is 1.46. The Bertz CT molecular complexity index is 1440. The van der Waals surface area contributed by atoms with Crippen LogP contribution < -0.4 is 10.1 Å². The van der Waals surface area contributed by atoms with Gasteiger partial charge in [-0.1, -0.05) is 37.1 Å². The Morgan fingerprint density at radius 3 is 2.35 bits per heavy atom. The zero-order chi connectivity index (χ0) is 25.8. The summed E-state index contributed by atoms with van der Waals surface area (Å²) in [5.74, 6) is 0.533. The zero-order valence-electron chi connectivity index (χ0n) is 21.3. The summed E-state index contributed by atoms with van der Waals surface area (Å²) in [6.45, 7) is 3.56. The van der Waals surface area contributed by atoms with Gasteiger partial charge in [0.05, 0.1) is 23.9 Å². The van der Waals surface area contributed by atoms with Gasteiger partial charge in [0, 0.05) is 35.3 Å². The number of aromatic nitrogens is 1. The lowest BCUT2D eigenvalue weighted by molar-refractivity contribution is 0.0761. The third-order valence-electron chi connectivity index (χ3n) is 6.93. The van der Waals surface area contributed by atoms with Crippen molar-refractivity contribution < 1.29 is 14.3 Å². The molecule has 2 heterocycles. The van der Waals surface area contributed by atoms with Gasteiger partial charge in [-0.3, -0.25) is 9.59 Å². The summed E-state index contributed by atoms with van der Waals surface area (Å²) in [5.41, 5.74) is 5.09. The monoisotopic (exact) mass is 493 g/mol. The number of ether oxygens (including phenoxy) is 1. The maximum Gasteiger partial charge on any atom is 0.256 e. The summed E-state index contributed by atoms with van der Waals surface area (Å²) in [6.07, 6.45) is 4.40. The van der Waals surface area contributed by atoms with Crippen LogP contribution >= 0.6 is 0 Å². The third kappa shape index (κ3) is 5.33. The van der Waals surface area contributed by atoms with Crippen LogP contribution in [-0.2, 0) is 0 Å². The van der Waals surface area contributed by atoms with Gasteiger partial charge in [-0.15, -0.1) is 0 Å². The van der Waals surface area contributed by atoms with Crippen molar-refractivity contribution in [3.05, 3.63) is 89.5 Å². The Kier molecular flexibility index (Phi) is 7.17. The van der Waals surface area contributed by atoms with Crippen molar-refractivity contribution in [3.8, 4) is 17.0 Å². The van der Waals surface area contributed by atoms with Gasteiger partial charge in [-0.25, -0.2) is 4.98 Å². The molecule has 5 rings (SSSR count). The number of hydrogen-bond acceptors (Lipinski definition) is 4. The van der Waals surface area contributed by atoms with Crippen LogP contribution in [0, 0.1) is 6.92 Å². The lowest BCUT2D eigenvalue weighted by Gasteiger charge is -2.20. The van der Waals surface area contributed by atoms with Crippen molar-refractivity contribution >= 4 is 28.4 Å². The number of methoxy groups -OCH3 is 1. The molecule has 1 aliphatic heterocycles. The van der Waals surface area contributed by atoms with E-state index >= 15 is 0 Å². The number of hydrogen-bond donors (Lipinski definition) is 1. The Morgan fingerprint density at radius 2 is 1.62 bits per heavy atom. The number of carbonyl (C=O) groups is 2. The Hall–Kier alpha value is -4.19. The molecule has 1 aromatic heterocycles. The summed E-state index contributed by atoms with van der Waals surface area (Å²) in [5, 5.41) is 3.80. The first-order chi connectivity index (χ1) is 18.0. The van der Waals surface area contributed by atoms with Crippen molar-refractivity contribution in [1.82, 2.24) is 9.88 Å². The van der Waals surface area contributed by atoms with Crippen LogP contribution in [0.15, 0.2) is 72.8 Å². The molecular weight excluding hydrogens is 462 g/mol. The molecule has 0 radical (unpaired) electrons. The molecule has 1 fully saturated rings. The van der Waals surface area contributed by atoms with Crippen LogP contribution in [0.2, 0.25) is 0 Å². The molecule has 1 saturated heterocycles. The van der Waals surface area contributed by atoms with E-state index in [1.807, 2.05) is 78.6 Å². The molecule has 0 bridgehead atoms. The zero-order valence-corrected chi connectivity index (χ0v) is 21.3. The van der Waals surface area contributed by atoms with E-state index in [1.54, 1.807) is 13.2 Å². The quantitative estimate of drug-likeness (QED) is 0.345. The minimum atomic E-state index is -0.243. The lowest BCUT2D eigenvalue weighted by atomic mass is 10.0. The number of para-hydroxylation sites is 1. The predicted molar refractivity (Wildman–Crippen MR) is 147 cm³/mol. The number of fused-ring (bicyclic) bond motifs is 1. The fourth-order valence-electron chi connectivity index (χ4n) is 4.87. The highest BCUT2D eigenvalue weighted by atomic mass is 16.5. The number of carbonyl (C=O) groups excluding carboxylic acids is 2. The van der Waals surface area contributed by atoms with Crippen molar-refractivity contribution in [2.75, 3.05) is 25.5 Å². The van der Waals surface area contributed by atoms with E-state index in [1.165, 1.54) is 0 Å². The van der Waals surface area contributed by atoms with Gasteiger partial charge in [0.25, 0.3) is 11.8 Å². The molecule has 4 aromatic rings. The van der Waals surface area contributed by atoms with E-state index in [0.29, 0.717) is 22.5 Å². The summed E-state index contributed by atoms with van der Waals surface area (Å²) in [6, 6.07) is 22.5. The average molecular weight is 494 g/mol. The van der Waals surface area contributed by atoms with Crippen LogP contribution in [0.25, 0.3) is 22.2 Å². The summed E-state index contributed by atoms with van der Waals surface area (Å²) in [4.78, 5) is 33.5. The number of rotatable bonds is 5.